The van der Waals surface area contributed by atoms with Crippen LogP contribution in [0.1, 0.15) is 21.5 Å². The molecule has 1 aromatic heterocycles. The van der Waals surface area contributed by atoms with Gasteiger partial charge in [0.2, 0.25) is 11.8 Å². The van der Waals surface area contributed by atoms with Crippen LogP contribution in [0.5, 0.6) is 0 Å². The second kappa shape index (κ2) is 6.67. The van der Waals surface area contributed by atoms with Crippen LogP contribution in [-0.2, 0) is 22.4 Å². The number of piperazine rings is 1. The Hall–Kier alpha value is -3.09. The topological polar surface area (TPSA) is 85.5 Å². The summed E-state index contributed by atoms with van der Waals surface area (Å²) in [5.74, 6) is -0.0113. The van der Waals surface area contributed by atoms with Gasteiger partial charge in [0, 0.05) is 49.8 Å². The summed E-state index contributed by atoms with van der Waals surface area (Å²) in [6, 6.07) is 7.21. The number of aromatic nitrogens is 1. The third-order valence-corrected chi connectivity index (χ3v) is 4.91. The van der Waals surface area contributed by atoms with Crippen LogP contribution in [0.15, 0.2) is 36.7 Å². The van der Waals surface area contributed by atoms with E-state index in [2.05, 4.69) is 10.3 Å². The lowest BCUT2D eigenvalue weighted by Gasteiger charge is -2.35. The monoisotopic (exact) mass is 352 g/mol. The molecule has 134 valence electrons. The molecule has 0 unspecified atom stereocenters. The van der Waals surface area contributed by atoms with E-state index in [-0.39, 0.29) is 17.7 Å². The smallest absolute Gasteiger partial charge is 0.253 e. The Morgan fingerprint density at radius 2 is 1.81 bits per heavy atom. The van der Waals surface area contributed by atoms with Crippen molar-refractivity contribution in [1.82, 2.24) is 14.8 Å². The van der Waals surface area contributed by atoms with Crippen molar-refractivity contribution in [2.45, 2.75) is 12.8 Å². The highest BCUT2D eigenvalue weighted by Crippen LogP contribution is 2.24. The fourth-order valence-electron chi connectivity index (χ4n) is 3.46. The van der Waals surface area contributed by atoms with Gasteiger partial charge >= 0.3 is 0 Å². The number of carbonyl (C=O) groups excluding carboxylic acids is 3. The van der Waals surface area contributed by atoms with E-state index in [1.54, 1.807) is 29.3 Å². The normalized spacial score (nSPS) is 16.4. The predicted molar refractivity (Wildman–Crippen MR) is 95.8 cm³/mol. The van der Waals surface area contributed by atoms with Crippen LogP contribution in [0.3, 0.4) is 0 Å². The van der Waals surface area contributed by atoms with E-state index < -0.39 is 0 Å². The summed E-state index contributed by atoms with van der Waals surface area (Å²) in [7, 11) is 0. The number of amides is 3. The summed E-state index contributed by atoms with van der Waals surface area (Å²) in [6.45, 7) is 2.12. The molecule has 1 saturated heterocycles. The quantitative estimate of drug-likeness (QED) is 0.865. The maximum atomic E-state index is 12.7. The number of anilines is 1. The van der Waals surface area contributed by atoms with Crippen LogP contribution in [0.25, 0.3) is 0 Å². The number of nitrogens with one attached hydrogen (secondary N) is 2. The second-order valence-corrected chi connectivity index (χ2v) is 6.67. The number of rotatable bonds is 3. The summed E-state index contributed by atoms with van der Waals surface area (Å²) >= 11 is 0. The van der Waals surface area contributed by atoms with Crippen molar-refractivity contribution >= 4 is 23.4 Å². The molecule has 2 aliphatic rings. The molecule has 0 atom stereocenters. The van der Waals surface area contributed by atoms with Gasteiger partial charge in [0.25, 0.3) is 5.91 Å². The minimum Gasteiger partial charge on any atom is -0.367 e. The van der Waals surface area contributed by atoms with Crippen LogP contribution in [0, 0.1) is 0 Å². The highest BCUT2D eigenvalue weighted by atomic mass is 16.2. The van der Waals surface area contributed by atoms with Crippen molar-refractivity contribution in [3.05, 3.63) is 53.3 Å². The zero-order valence-corrected chi connectivity index (χ0v) is 14.3. The van der Waals surface area contributed by atoms with Gasteiger partial charge in [0.05, 0.1) is 12.8 Å². The third-order valence-electron chi connectivity index (χ3n) is 4.91. The van der Waals surface area contributed by atoms with Crippen LogP contribution in [0.2, 0.25) is 0 Å². The fourth-order valence-corrected chi connectivity index (χ4v) is 3.46. The van der Waals surface area contributed by atoms with Gasteiger partial charge in [-0.1, -0.05) is 0 Å². The number of aromatic amines is 1. The number of nitrogens with zero attached hydrogens (tertiary/aromatic N) is 2. The molecule has 7 nitrogen and oxygen atoms in total. The number of H-pyrrole nitrogens is 1. The van der Waals surface area contributed by atoms with E-state index in [0.717, 1.165) is 16.8 Å². The van der Waals surface area contributed by atoms with Gasteiger partial charge in [0.1, 0.15) is 0 Å². The van der Waals surface area contributed by atoms with Crippen LogP contribution in [-0.4, -0.2) is 58.7 Å². The van der Waals surface area contributed by atoms with E-state index in [4.69, 9.17) is 0 Å². The standard InChI is InChI=1S/C19H20N4O3/c24-17-11-15-10-14(1-2-16(15)21-17)19(26)23-7-5-22(6-8-23)18(25)9-13-3-4-20-12-13/h1-4,10,12,20H,5-9,11H2,(H,21,24). The molecule has 3 heterocycles. The zero-order chi connectivity index (χ0) is 18.1. The minimum absolute atomic E-state index is 0.0425. The van der Waals surface area contributed by atoms with E-state index in [0.29, 0.717) is 44.6 Å². The van der Waals surface area contributed by atoms with Crippen molar-refractivity contribution in [2.75, 3.05) is 31.5 Å². The largest absolute Gasteiger partial charge is 0.367 e. The van der Waals surface area contributed by atoms with Gasteiger partial charge in [-0.2, -0.15) is 0 Å². The molecule has 2 N–H and O–H groups in total. The lowest BCUT2D eigenvalue weighted by Crippen LogP contribution is -2.51. The summed E-state index contributed by atoms with van der Waals surface area (Å²) < 4.78 is 0. The van der Waals surface area contributed by atoms with Gasteiger partial charge in [-0.15, -0.1) is 0 Å². The highest BCUT2D eigenvalue weighted by molar-refractivity contribution is 6.01. The first-order valence-electron chi connectivity index (χ1n) is 8.71. The molecule has 1 fully saturated rings. The molecule has 0 saturated carbocycles. The maximum Gasteiger partial charge on any atom is 0.253 e. The van der Waals surface area contributed by atoms with Gasteiger partial charge in [-0.3, -0.25) is 14.4 Å². The Balaban J connectivity index is 1.36. The summed E-state index contributed by atoms with van der Waals surface area (Å²) in [4.78, 5) is 43.0. The van der Waals surface area contributed by atoms with Crippen molar-refractivity contribution in [3.8, 4) is 0 Å². The van der Waals surface area contributed by atoms with Gasteiger partial charge in [0.15, 0.2) is 0 Å². The molecule has 0 aliphatic carbocycles. The van der Waals surface area contributed by atoms with Gasteiger partial charge < -0.3 is 20.1 Å². The Morgan fingerprint density at radius 1 is 1.04 bits per heavy atom. The molecule has 7 heteroatoms. The highest BCUT2D eigenvalue weighted by Gasteiger charge is 2.26. The van der Waals surface area contributed by atoms with E-state index in [1.807, 2.05) is 17.2 Å². The first-order chi connectivity index (χ1) is 12.6. The maximum absolute atomic E-state index is 12.7. The van der Waals surface area contributed by atoms with Gasteiger partial charge in [-0.05, 0) is 35.4 Å². The molecular formula is C19H20N4O3. The first-order valence-corrected chi connectivity index (χ1v) is 8.71. The molecule has 4 rings (SSSR count). The van der Waals surface area contributed by atoms with E-state index in [9.17, 15) is 14.4 Å². The lowest BCUT2D eigenvalue weighted by molar-refractivity contribution is -0.131. The molecule has 2 aromatic rings. The summed E-state index contributed by atoms with van der Waals surface area (Å²) in [5, 5.41) is 2.77. The van der Waals surface area contributed by atoms with Crippen LogP contribution < -0.4 is 5.32 Å². The predicted octanol–water partition coefficient (Wildman–Crippen LogP) is 1.04. The summed E-state index contributed by atoms with van der Waals surface area (Å²) in [6.07, 6.45) is 4.32. The van der Waals surface area contributed by atoms with Crippen molar-refractivity contribution in [1.29, 1.82) is 0 Å². The van der Waals surface area contributed by atoms with Crippen molar-refractivity contribution in [2.24, 2.45) is 0 Å². The lowest BCUT2D eigenvalue weighted by atomic mass is 10.1. The summed E-state index contributed by atoms with van der Waals surface area (Å²) in [5.41, 5.74) is 3.20. The van der Waals surface area contributed by atoms with E-state index >= 15 is 0 Å². The Bertz CT molecular complexity index is 852. The second-order valence-electron chi connectivity index (χ2n) is 6.67. The molecule has 1 aromatic carbocycles. The van der Waals surface area contributed by atoms with Crippen LogP contribution >= 0.6 is 0 Å². The Morgan fingerprint density at radius 3 is 2.54 bits per heavy atom. The van der Waals surface area contributed by atoms with Gasteiger partial charge in [-0.25, -0.2) is 0 Å². The Labute approximate surface area is 151 Å². The molecule has 3 amide bonds. The van der Waals surface area contributed by atoms with Crippen molar-refractivity contribution in [3.63, 3.8) is 0 Å². The Kier molecular flexibility index (Phi) is 4.20. The number of benzene rings is 1. The number of hydrogen-bond donors (Lipinski definition) is 2. The molecule has 0 bridgehead atoms. The average molecular weight is 352 g/mol. The minimum atomic E-state index is -0.0510. The molecule has 2 aliphatic heterocycles. The molecule has 0 spiro atoms. The number of hydrogen-bond acceptors (Lipinski definition) is 3. The third kappa shape index (κ3) is 3.20. The fraction of sp³-hybridized carbons (Fsp3) is 0.316. The number of carbonyl (C=O) groups is 3. The zero-order valence-electron chi connectivity index (χ0n) is 14.3. The first kappa shape index (κ1) is 16.4. The average Bonchev–Trinajstić information content (AvgIpc) is 3.28. The molecular weight excluding hydrogens is 332 g/mol. The number of fused-ring (bicyclic) bond motifs is 1. The molecule has 0 radical (unpaired) electrons. The van der Waals surface area contributed by atoms with E-state index in [1.165, 1.54) is 0 Å². The molecule has 26 heavy (non-hydrogen) atoms. The SMILES string of the molecule is O=C1Cc2cc(C(=O)N3CCN(C(=O)Cc4cc[nH]c4)CC3)ccc2N1. The van der Waals surface area contributed by atoms with Crippen molar-refractivity contribution < 1.29 is 14.4 Å². The van der Waals surface area contributed by atoms with Crippen LogP contribution in [0.4, 0.5) is 5.69 Å².